The summed E-state index contributed by atoms with van der Waals surface area (Å²) in [5.74, 6) is 1.84. The first-order valence-electron chi connectivity index (χ1n) is 37.0. The van der Waals surface area contributed by atoms with Gasteiger partial charge in [0.25, 0.3) is 0 Å². The van der Waals surface area contributed by atoms with Crippen LogP contribution in [-0.2, 0) is 16.2 Å². The van der Waals surface area contributed by atoms with E-state index in [9.17, 15) is 0 Å². The minimum absolute atomic E-state index is 0.601. The molecule has 0 saturated carbocycles. The third-order valence-electron chi connectivity index (χ3n) is 23.6. The first kappa shape index (κ1) is 60.7. The Hall–Kier alpha value is -13.9. The molecule has 5 nitrogen and oxygen atoms in total. The summed E-state index contributed by atoms with van der Waals surface area (Å²) in [6, 6.07) is 147. The Balaban J connectivity index is 0.857. The van der Waals surface area contributed by atoms with Crippen LogP contribution in [-0.4, -0.2) is 24.1 Å². The second-order valence-corrected chi connectivity index (χ2v) is 28.8. The lowest BCUT2D eigenvalue weighted by Crippen LogP contribution is -2.35. The summed E-state index contributed by atoms with van der Waals surface area (Å²) in [7, 11) is 0. The number of rotatable bonds is 11. The molecule has 0 unspecified atom stereocenters. The zero-order chi connectivity index (χ0) is 70.4. The molecule has 0 N–H and O–H groups in total. The molecule has 3 aromatic heterocycles. The van der Waals surface area contributed by atoms with Gasteiger partial charge in [-0.15, -0.1) is 0 Å². The second kappa shape index (κ2) is 23.6. The molecule has 0 radical (unpaired) electrons. The van der Waals surface area contributed by atoms with E-state index in [0.29, 0.717) is 17.5 Å². The second-order valence-electron chi connectivity index (χ2n) is 28.8. The maximum atomic E-state index is 5.30. The molecule has 3 aliphatic rings. The molecule has 0 bridgehead atoms. The predicted molar refractivity (Wildman–Crippen MR) is 437 cm³/mol. The van der Waals surface area contributed by atoms with Crippen molar-refractivity contribution in [2.24, 2.45) is 0 Å². The molecule has 498 valence electrons. The minimum atomic E-state index is -0.918. The van der Waals surface area contributed by atoms with Crippen LogP contribution in [0.4, 0.5) is 0 Å². The Morgan fingerprint density at radius 3 is 0.664 bits per heavy atom. The standard InChI is InChI=1S/C102H65N5/c1-3-27-66(28-4-1)97-103-98(67-29-5-2-6-30-67)105-99(104-97)68-51-53-69(54-52-68)100(87-41-17-7-31-77(87)78-32-8-18-42-88(78)100)72-63-73(101(89-43-19-9-33-79(89)80-34-10-20-44-90(80)101)70-55-59-75(60-56-70)106-93-47-23-13-37-83(93)84-38-14-24-48-94(84)106)65-74(64-72)102(91-45-21-11-35-81(91)82-36-12-22-46-92(82)102)71-57-61-76(62-58-71)107-95-49-25-15-39-85(95)86-40-16-26-50-96(86)107/h1-65H. The van der Waals surface area contributed by atoms with Gasteiger partial charge in [0.15, 0.2) is 17.5 Å². The summed E-state index contributed by atoms with van der Waals surface area (Å²) in [6.07, 6.45) is 0. The van der Waals surface area contributed by atoms with E-state index < -0.39 is 16.2 Å². The number of aromatic nitrogens is 5. The molecular formula is C102H65N5. The fourth-order valence-electron chi connectivity index (χ4n) is 19.3. The van der Waals surface area contributed by atoms with Crippen molar-refractivity contribution in [3.63, 3.8) is 0 Å². The van der Waals surface area contributed by atoms with E-state index in [1.54, 1.807) is 0 Å². The van der Waals surface area contributed by atoms with Crippen LogP contribution >= 0.6 is 0 Å². The summed E-state index contributed by atoms with van der Waals surface area (Å²) in [6.45, 7) is 0. The SMILES string of the molecule is c1ccc(-c2nc(-c3ccccc3)nc(-c3ccc(C4(c5cc(C6(c7ccc(-n8c9ccccc9c9ccccc98)cc7)c7ccccc7-c7ccccc76)cc(C6(c7ccc(-n8c9ccccc9c9ccccc98)cc7)c7ccccc7-c7ccccc76)c5)c5ccccc5-c5ccccc54)cc3)n2)cc1. The summed E-state index contributed by atoms with van der Waals surface area (Å²) in [5, 5.41) is 4.93. The number of para-hydroxylation sites is 4. The fraction of sp³-hybridized carbons (Fsp3) is 0.0294. The molecule has 0 spiro atoms. The van der Waals surface area contributed by atoms with E-state index in [-0.39, 0.29) is 0 Å². The molecule has 3 heterocycles. The lowest BCUT2D eigenvalue weighted by molar-refractivity contribution is 0.713. The number of fused-ring (bicyclic) bond motifs is 15. The highest BCUT2D eigenvalue weighted by Gasteiger charge is 2.53. The predicted octanol–water partition coefficient (Wildman–Crippen LogP) is 24.2. The van der Waals surface area contributed by atoms with Crippen LogP contribution in [0, 0.1) is 0 Å². The first-order valence-corrected chi connectivity index (χ1v) is 37.0. The van der Waals surface area contributed by atoms with Crippen molar-refractivity contribution in [1.29, 1.82) is 0 Å². The van der Waals surface area contributed by atoms with E-state index in [2.05, 4.69) is 367 Å². The zero-order valence-corrected chi connectivity index (χ0v) is 58.3. The van der Waals surface area contributed by atoms with Gasteiger partial charge >= 0.3 is 0 Å². The lowest BCUT2D eigenvalue weighted by Gasteiger charge is -2.41. The quantitative estimate of drug-likeness (QED) is 0.130. The number of nitrogens with zero attached hydrogens (tertiary/aromatic N) is 5. The molecule has 0 amide bonds. The largest absolute Gasteiger partial charge is 0.309 e. The van der Waals surface area contributed by atoms with Crippen LogP contribution in [0.1, 0.15) is 66.8 Å². The van der Waals surface area contributed by atoms with Crippen LogP contribution < -0.4 is 0 Å². The Morgan fingerprint density at radius 2 is 0.393 bits per heavy atom. The Kier molecular flexibility index (Phi) is 13.4. The van der Waals surface area contributed by atoms with E-state index in [1.807, 2.05) is 36.4 Å². The smallest absolute Gasteiger partial charge is 0.164 e. The summed E-state index contributed by atoms with van der Waals surface area (Å²) >= 11 is 0. The Labute approximate surface area is 620 Å². The topological polar surface area (TPSA) is 48.5 Å². The van der Waals surface area contributed by atoms with Gasteiger partial charge in [0.2, 0.25) is 0 Å². The monoisotopic (exact) mass is 1360 g/mol. The number of hydrogen-bond donors (Lipinski definition) is 0. The van der Waals surface area contributed by atoms with E-state index in [4.69, 9.17) is 15.0 Å². The number of benzene rings is 16. The maximum absolute atomic E-state index is 5.30. The van der Waals surface area contributed by atoms with Crippen LogP contribution in [0.5, 0.6) is 0 Å². The van der Waals surface area contributed by atoms with Crippen molar-refractivity contribution in [3.8, 4) is 78.9 Å². The molecule has 0 fully saturated rings. The van der Waals surface area contributed by atoms with Gasteiger partial charge in [-0.3, -0.25) is 0 Å². The average Bonchev–Trinajstić information content (AvgIpc) is 1.55. The average molecular weight is 1360 g/mol. The summed E-state index contributed by atoms with van der Waals surface area (Å²) in [4.78, 5) is 15.7. The van der Waals surface area contributed by atoms with Crippen molar-refractivity contribution in [2.75, 3.05) is 0 Å². The molecule has 0 atom stereocenters. The summed E-state index contributed by atoms with van der Waals surface area (Å²) in [5.41, 5.74) is 28.6. The van der Waals surface area contributed by atoms with Crippen molar-refractivity contribution in [3.05, 3.63) is 461 Å². The van der Waals surface area contributed by atoms with Gasteiger partial charge in [-0.05, 0) is 149 Å². The zero-order valence-electron chi connectivity index (χ0n) is 58.3. The molecule has 0 aliphatic heterocycles. The lowest BCUT2D eigenvalue weighted by atomic mass is 9.60. The van der Waals surface area contributed by atoms with Gasteiger partial charge in [-0.1, -0.05) is 346 Å². The first-order chi connectivity index (χ1) is 53.1. The van der Waals surface area contributed by atoms with E-state index in [0.717, 1.165) is 39.2 Å². The molecule has 0 saturated heterocycles. The van der Waals surface area contributed by atoms with Gasteiger partial charge in [-0.2, -0.15) is 0 Å². The number of hydrogen-bond acceptors (Lipinski definition) is 3. The highest BCUT2D eigenvalue weighted by atomic mass is 15.0. The minimum Gasteiger partial charge on any atom is -0.309 e. The van der Waals surface area contributed by atoms with Crippen molar-refractivity contribution >= 4 is 43.6 Å². The van der Waals surface area contributed by atoms with Crippen LogP contribution in [0.25, 0.3) is 123 Å². The molecular weight excluding hydrogens is 1300 g/mol. The normalized spacial score (nSPS) is 13.8. The molecule has 3 aliphatic carbocycles. The molecule has 22 rings (SSSR count). The van der Waals surface area contributed by atoms with Crippen LogP contribution in [0.2, 0.25) is 0 Å². The van der Waals surface area contributed by atoms with E-state index >= 15 is 0 Å². The maximum Gasteiger partial charge on any atom is 0.164 e. The Bertz CT molecular complexity index is 6230. The van der Waals surface area contributed by atoms with Crippen LogP contribution in [0.3, 0.4) is 0 Å². The third kappa shape index (κ3) is 8.65. The summed E-state index contributed by atoms with van der Waals surface area (Å²) < 4.78 is 4.88. The highest BCUT2D eigenvalue weighted by molar-refractivity contribution is 6.10. The molecule has 107 heavy (non-hydrogen) atoms. The van der Waals surface area contributed by atoms with Crippen molar-refractivity contribution < 1.29 is 0 Å². The highest BCUT2D eigenvalue weighted by Crippen LogP contribution is 2.63. The van der Waals surface area contributed by atoms with Gasteiger partial charge < -0.3 is 9.13 Å². The van der Waals surface area contributed by atoms with Gasteiger partial charge in [-0.25, -0.2) is 15.0 Å². The van der Waals surface area contributed by atoms with Gasteiger partial charge in [0.05, 0.1) is 38.3 Å². The van der Waals surface area contributed by atoms with Gasteiger partial charge in [0, 0.05) is 49.6 Å². The molecule has 16 aromatic carbocycles. The van der Waals surface area contributed by atoms with E-state index in [1.165, 1.54) is 133 Å². The third-order valence-corrected chi connectivity index (χ3v) is 23.6. The van der Waals surface area contributed by atoms with Crippen LogP contribution in [0.15, 0.2) is 394 Å². The van der Waals surface area contributed by atoms with Crippen molar-refractivity contribution in [2.45, 2.75) is 16.2 Å². The molecule has 19 aromatic rings. The van der Waals surface area contributed by atoms with Crippen molar-refractivity contribution in [1.82, 2.24) is 24.1 Å². The fourth-order valence-corrected chi connectivity index (χ4v) is 19.3. The Morgan fingerprint density at radius 1 is 0.178 bits per heavy atom. The van der Waals surface area contributed by atoms with Gasteiger partial charge in [0.1, 0.15) is 0 Å². The molecule has 5 heteroatoms.